The van der Waals surface area contributed by atoms with Gasteiger partial charge in [-0.1, -0.05) is 42.1 Å². The first kappa shape index (κ1) is 19.6. The summed E-state index contributed by atoms with van der Waals surface area (Å²) in [7, 11) is 0. The number of carbonyl (C=O) groups is 1. The molecule has 2 heterocycles. The van der Waals surface area contributed by atoms with Crippen LogP contribution in [-0.2, 0) is 21.7 Å². The number of thioether (sulfide) groups is 1. The summed E-state index contributed by atoms with van der Waals surface area (Å²) in [6.07, 6.45) is 2.83. The summed E-state index contributed by atoms with van der Waals surface area (Å²) in [5.41, 5.74) is 2.27. The van der Waals surface area contributed by atoms with Gasteiger partial charge in [0.1, 0.15) is 0 Å². The van der Waals surface area contributed by atoms with Gasteiger partial charge >= 0.3 is 0 Å². The third kappa shape index (κ3) is 5.94. The number of rotatable bonds is 8. The zero-order valence-electron chi connectivity index (χ0n) is 15.5. The molecule has 0 spiro atoms. The van der Waals surface area contributed by atoms with Crippen LogP contribution in [0.2, 0.25) is 0 Å². The number of hydrogen-bond acceptors (Lipinski definition) is 5. The van der Waals surface area contributed by atoms with E-state index in [1.807, 2.05) is 37.3 Å². The number of aromatic nitrogens is 2. The smallest absolute Gasteiger partial charge is 0.254 e. The van der Waals surface area contributed by atoms with Gasteiger partial charge in [0.2, 0.25) is 5.91 Å². The van der Waals surface area contributed by atoms with Gasteiger partial charge in [0.25, 0.3) is 5.56 Å². The number of aromatic amines is 1. The molecule has 0 saturated carbocycles. The Hall–Kier alpha value is -2.12. The first-order valence-electron chi connectivity index (χ1n) is 9.26. The van der Waals surface area contributed by atoms with E-state index in [0.717, 1.165) is 25.2 Å². The van der Waals surface area contributed by atoms with Gasteiger partial charge in [-0.3, -0.25) is 9.59 Å². The van der Waals surface area contributed by atoms with Gasteiger partial charge < -0.3 is 15.0 Å². The molecule has 27 heavy (non-hydrogen) atoms. The van der Waals surface area contributed by atoms with Crippen molar-refractivity contribution in [1.82, 2.24) is 15.3 Å². The minimum Gasteiger partial charge on any atom is -0.376 e. The largest absolute Gasteiger partial charge is 0.376 e. The normalized spacial score (nSPS) is 16.4. The van der Waals surface area contributed by atoms with Crippen molar-refractivity contribution in [3.8, 4) is 0 Å². The molecule has 7 heteroatoms. The number of H-pyrrole nitrogens is 1. The van der Waals surface area contributed by atoms with Crippen molar-refractivity contribution >= 4 is 17.7 Å². The average Bonchev–Trinajstić information content (AvgIpc) is 3.18. The molecule has 3 rings (SSSR count). The van der Waals surface area contributed by atoms with Crippen LogP contribution in [-0.4, -0.2) is 35.1 Å². The summed E-state index contributed by atoms with van der Waals surface area (Å²) in [4.78, 5) is 31.7. The molecule has 2 aromatic rings. The predicted molar refractivity (Wildman–Crippen MR) is 106 cm³/mol. The summed E-state index contributed by atoms with van der Waals surface area (Å²) in [6, 6.07) is 10.0. The van der Waals surface area contributed by atoms with Crippen LogP contribution in [0.4, 0.5) is 0 Å². The van der Waals surface area contributed by atoms with Crippen molar-refractivity contribution in [1.29, 1.82) is 0 Å². The van der Waals surface area contributed by atoms with E-state index in [4.69, 9.17) is 4.74 Å². The maximum Gasteiger partial charge on any atom is 0.254 e. The van der Waals surface area contributed by atoms with Gasteiger partial charge in [-0.15, -0.1) is 0 Å². The van der Waals surface area contributed by atoms with Gasteiger partial charge in [0.05, 0.1) is 6.10 Å². The Bertz CT molecular complexity index is 817. The summed E-state index contributed by atoms with van der Waals surface area (Å²) >= 11 is 1.50. The average molecular weight is 388 g/mol. The van der Waals surface area contributed by atoms with Crippen molar-refractivity contribution < 1.29 is 9.53 Å². The van der Waals surface area contributed by atoms with Crippen molar-refractivity contribution in [2.45, 2.75) is 49.6 Å². The third-order valence-corrected chi connectivity index (χ3v) is 5.52. The molecular weight excluding hydrogens is 362 g/mol. The lowest BCUT2D eigenvalue weighted by atomic mass is 10.1. The lowest BCUT2D eigenvalue weighted by Gasteiger charge is -2.11. The topological polar surface area (TPSA) is 84.1 Å². The van der Waals surface area contributed by atoms with E-state index < -0.39 is 0 Å². The minimum absolute atomic E-state index is 0.0631. The summed E-state index contributed by atoms with van der Waals surface area (Å²) in [5, 5.41) is 3.49. The fraction of sp³-hybridized carbons (Fsp3) is 0.450. The molecule has 1 aliphatic heterocycles. The summed E-state index contributed by atoms with van der Waals surface area (Å²) < 4.78 is 5.49. The van der Waals surface area contributed by atoms with Gasteiger partial charge in [-0.05, 0) is 31.7 Å². The van der Waals surface area contributed by atoms with E-state index in [1.165, 1.54) is 17.3 Å². The van der Waals surface area contributed by atoms with E-state index >= 15 is 0 Å². The van der Waals surface area contributed by atoms with Crippen LogP contribution in [0.3, 0.4) is 0 Å². The molecule has 0 unspecified atom stereocenters. The quantitative estimate of drug-likeness (QED) is 0.537. The van der Waals surface area contributed by atoms with Crippen molar-refractivity contribution in [2.24, 2.45) is 0 Å². The second kappa shape index (κ2) is 9.71. The Kier molecular flexibility index (Phi) is 7.06. The maximum atomic E-state index is 12.4. The van der Waals surface area contributed by atoms with Gasteiger partial charge in [0.15, 0.2) is 5.16 Å². The van der Waals surface area contributed by atoms with Crippen LogP contribution in [0.5, 0.6) is 0 Å². The fourth-order valence-electron chi connectivity index (χ4n) is 3.03. The molecule has 144 valence electrons. The minimum atomic E-state index is -0.162. The monoisotopic (exact) mass is 387 g/mol. The van der Waals surface area contributed by atoms with Crippen LogP contribution in [0.1, 0.15) is 36.1 Å². The van der Waals surface area contributed by atoms with E-state index in [9.17, 15) is 9.59 Å². The first-order valence-corrected chi connectivity index (χ1v) is 10.2. The summed E-state index contributed by atoms with van der Waals surface area (Å²) in [6.45, 7) is 3.14. The highest BCUT2D eigenvalue weighted by Crippen LogP contribution is 2.19. The number of carbonyl (C=O) groups excluding carboxylic acids is 1. The lowest BCUT2D eigenvalue weighted by Crippen LogP contribution is -2.32. The van der Waals surface area contributed by atoms with Gasteiger partial charge in [-0.2, -0.15) is 0 Å². The molecule has 1 atom stereocenters. The van der Waals surface area contributed by atoms with E-state index in [0.29, 0.717) is 29.4 Å². The second-order valence-electron chi connectivity index (χ2n) is 6.65. The van der Waals surface area contributed by atoms with E-state index in [-0.39, 0.29) is 24.0 Å². The first-order chi connectivity index (χ1) is 13.1. The molecule has 1 aromatic carbocycles. The third-order valence-electron chi connectivity index (χ3n) is 4.57. The van der Waals surface area contributed by atoms with Crippen molar-refractivity contribution in [3.05, 3.63) is 57.5 Å². The number of nitrogens with one attached hydrogen (secondary N) is 2. The SMILES string of the molecule is Cc1nc(SCc2ccccc2)[nH]c(=O)c1CCC(=O)NC[C@@H]1CCCO1. The molecule has 6 nitrogen and oxygen atoms in total. The van der Waals surface area contributed by atoms with Crippen LogP contribution in [0, 0.1) is 6.92 Å². The van der Waals surface area contributed by atoms with Crippen LogP contribution >= 0.6 is 11.8 Å². The Morgan fingerprint density at radius 2 is 2.19 bits per heavy atom. The van der Waals surface area contributed by atoms with Gasteiger partial charge in [-0.25, -0.2) is 4.98 Å². The molecule has 1 aliphatic rings. The Labute approximate surface area is 163 Å². The number of benzene rings is 1. The van der Waals surface area contributed by atoms with Crippen molar-refractivity contribution in [3.63, 3.8) is 0 Å². The lowest BCUT2D eigenvalue weighted by molar-refractivity contribution is -0.121. The molecule has 0 radical (unpaired) electrons. The second-order valence-corrected chi connectivity index (χ2v) is 7.61. The van der Waals surface area contributed by atoms with Crippen molar-refractivity contribution in [2.75, 3.05) is 13.2 Å². The van der Waals surface area contributed by atoms with E-state index in [1.54, 1.807) is 0 Å². The molecule has 1 saturated heterocycles. The number of nitrogens with zero attached hydrogens (tertiary/aromatic N) is 1. The Balaban J connectivity index is 1.51. The van der Waals surface area contributed by atoms with E-state index in [2.05, 4.69) is 15.3 Å². The standard InChI is InChI=1S/C20H25N3O3S/c1-14-17(9-10-18(24)21-12-16-8-5-11-26-16)19(25)23-20(22-14)27-13-15-6-3-2-4-7-15/h2-4,6-7,16H,5,8-13H2,1H3,(H,21,24)(H,22,23,25)/t16-/m0/s1. The Morgan fingerprint density at radius 3 is 2.89 bits per heavy atom. The highest BCUT2D eigenvalue weighted by Gasteiger charge is 2.16. The molecular formula is C20H25N3O3S. The summed E-state index contributed by atoms with van der Waals surface area (Å²) in [5.74, 6) is 0.681. The zero-order chi connectivity index (χ0) is 19.1. The molecule has 2 N–H and O–H groups in total. The number of ether oxygens (including phenoxy) is 1. The number of amides is 1. The molecule has 1 fully saturated rings. The Morgan fingerprint density at radius 1 is 1.37 bits per heavy atom. The van der Waals surface area contributed by atoms with Crippen LogP contribution in [0.15, 0.2) is 40.3 Å². The molecule has 0 aliphatic carbocycles. The molecule has 1 aromatic heterocycles. The predicted octanol–water partition coefficient (Wildman–Crippen LogP) is 2.60. The number of hydrogen-bond donors (Lipinski definition) is 2. The van der Waals surface area contributed by atoms with Gasteiger partial charge in [0, 0.05) is 36.6 Å². The molecule has 1 amide bonds. The number of aryl methyl sites for hydroxylation is 1. The highest BCUT2D eigenvalue weighted by molar-refractivity contribution is 7.98. The molecule has 0 bridgehead atoms. The van der Waals surface area contributed by atoms with Crippen LogP contribution in [0.25, 0.3) is 0 Å². The fourth-order valence-corrected chi connectivity index (χ4v) is 3.90. The van der Waals surface area contributed by atoms with Crippen LogP contribution < -0.4 is 10.9 Å². The highest BCUT2D eigenvalue weighted by atomic mass is 32.2. The zero-order valence-corrected chi connectivity index (χ0v) is 16.3. The maximum absolute atomic E-state index is 12.4.